The van der Waals surface area contributed by atoms with Gasteiger partial charge >= 0.3 is 5.69 Å². The van der Waals surface area contributed by atoms with E-state index in [9.17, 15) is 4.79 Å². The summed E-state index contributed by atoms with van der Waals surface area (Å²) < 4.78 is 0. The molecule has 1 aromatic heterocycles. The van der Waals surface area contributed by atoms with Gasteiger partial charge in [-0.15, -0.1) is 0 Å². The summed E-state index contributed by atoms with van der Waals surface area (Å²) in [6, 6.07) is 5.81. The van der Waals surface area contributed by atoms with E-state index in [2.05, 4.69) is 15.3 Å². The lowest BCUT2D eigenvalue weighted by Gasteiger charge is -1.94. The van der Waals surface area contributed by atoms with Crippen molar-refractivity contribution in [3.63, 3.8) is 0 Å². The van der Waals surface area contributed by atoms with Crippen LogP contribution in [0, 0.1) is 0 Å². The molecule has 0 saturated carbocycles. The molecule has 15 heavy (non-hydrogen) atoms. The third kappa shape index (κ3) is 2.16. The Morgan fingerprint density at radius 1 is 1.33 bits per heavy atom. The Balaban J connectivity index is 2.34. The third-order valence-corrected chi connectivity index (χ3v) is 2.17. The summed E-state index contributed by atoms with van der Waals surface area (Å²) in [5.41, 5.74) is 2.59. The summed E-state index contributed by atoms with van der Waals surface area (Å²) >= 11 is 0. The lowest BCUT2D eigenvalue weighted by molar-refractivity contribution is 0.922. The molecule has 4 heteroatoms. The van der Waals surface area contributed by atoms with Crippen LogP contribution in [0.15, 0.2) is 29.1 Å². The number of fused-ring (bicyclic) bond motifs is 1. The van der Waals surface area contributed by atoms with Crippen molar-refractivity contribution in [3.8, 4) is 0 Å². The molecule has 2 rings (SSSR count). The Labute approximate surface area is 87.0 Å². The second-order valence-electron chi connectivity index (χ2n) is 3.34. The molecular weight excluding hydrogens is 190 g/mol. The first-order chi connectivity index (χ1) is 7.29. The number of aromatic amines is 2. The van der Waals surface area contributed by atoms with Gasteiger partial charge in [0.15, 0.2) is 0 Å². The van der Waals surface area contributed by atoms with Gasteiger partial charge < -0.3 is 15.3 Å². The average Bonchev–Trinajstić information content (AvgIpc) is 2.57. The first-order valence-corrected chi connectivity index (χ1v) is 4.83. The molecule has 0 atom stereocenters. The number of nitrogens with one attached hydrogen (secondary N) is 3. The van der Waals surface area contributed by atoms with E-state index in [1.165, 1.54) is 0 Å². The Hall–Kier alpha value is -1.81. The van der Waals surface area contributed by atoms with Crippen molar-refractivity contribution in [3.05, 3.63) is 40.3 Å². The third-order valence-electron chi connectivity index (χ3n) is 2.17. The number of hydrogen-bond donors (Lipinski definition) is 3. The summed E-state index contributed by atoms with van der Waals surface area (Å²) in [5.74, 6) is 0. The normalized spacial score (nSPS) is 11.5. The Kier molecular flexibility index (Phi) is 2.69. The predicted octanol–water partition coefficient (Wildman–Crippen LogP) is 1.09. The largest absolute Gasteiger partial charge is 0.323 e. The van der Waals surface area contributed by atoms with Crippen LogP contribution in [0.25, 0.3) is 17.1 Å². The Bertz CT molecular complexity index is 536. The van der Waals surface area contributed by atoms with Gasteiger partial charge in [-0.05, 0) is 24.7 Å². The van der Waals surface area contributed by atoms with Crippen LogP contribution in [0.3, 0.4) is 0 Å². The molecule has 0 aliphatic heterocycles. The van der Waals surface area contributed by atoms with Crippen LogP contribution in [0.2, 0.25) is 0 Å². The molecule has 0 unspecified atom stereocenters. The smallest absolute Gasteiger partial charge is 0.316 e. The Morgan fingerprint density at radius 3 is 2.93 bits per heavy atom. The van der Waals surface area contributed by atoms with Gasteiger partial charge in [0.1, 0.15) is 0 Å². The molecule has 1 heterocycles. The minimum Gasteiger partial charge on any atom is -0.316 e. The van der Waals surface area contributed by atoms with Gasteiger partial charge in [0, 0.05) is 6.54 Å². The molecule has 0 amide bonds. The lowest BCUT2D eigenvalue weighted by Crippen LogP contribution is -2.03. The maximum atomic E-state index is 11.0. The highest BCUT2D eigenvalue weighted by Gasteiger charge is 1.96. The molecule has 4 nitrogen and oxygen atoms in total. The first kappa shape index (κ1) is 9.73. The minimum atomic E-state index is -0.165. The summed E-state index contributed by atoms with van der Waals surface area (Å²) in [5, 5.41) is 3.03. The molecule has 0 aliphatic rings. The maximum absolute atomic E-state index is 11.0. The van der Waals surface area contributed by atoms with E-state index in [1.807, 2.05) is 37.4 Å². The highest BCUT2D eigenvalue weighted by atomic mass is 16.1. The fraction of sp³-hybridized carbons (Fsp3) is 0.182. The number of H-pyrrole nitrogens is 2. The van der Waals surface area contributed by atoms with Crippen LogP contribution in [0.1, 0.15) is 5.56 Å². The van der Waals surface area contributed by atoms with Crippen LogP contribution in [0.4, 0.5) is 0 Å². The zero-order chi connectivity index (χ0) is 10.7. The van der Waals surface area contributed by atoms with Gasteiger partial charge in [-0.2, -0.15) is 0 Å². The zero-order valence-corrected chi connectivity index (χ0v) is 8.50. The van der Waals surface area contributed by atoms with Crippen LogP contribution < -0.4 is 11.0 Å². The number of rotatable bonds is 3. The van der Waals surface area contributed by atoms with Crippen LogP contribution in [0.5, 0.6) is 0 Å². The topological polar surface area (TPSA) is 60.7 Å². The van der Waals surface area contributed by atoms with Crippen molar-refractivity contribution in [1.82, 2.24) is 15.3 Å². The van der Waals surface area contributed by atoms with Crippen molar-refractivity contribution in [1.29, 1.82) is 0 Å². The molecule has 0 fully saturated rings. The Morgan fingerprint density at radius 2 is 2.13 bits per heavy atom. The molecule has 0 saturated heterocycles. The molecule has 2 aromatic rings. The SMILES string of the molecule is CNCC=Cc1ccc2[nH]c(=O)[nH]c2c1. The van der Waals surface area contributed by atoms with Gasteiger partial charge in [0.05, 0.1) is 11.0 Å². The van der Waals surface area contributed by atoms with E-state index in [-0.39, 0.29) is 5.69 Å². The zero-order valence-electron chi connectivity index (χ0n) is 8.50. The van der Waals surface area contributed by atoms with Crippen molar-refractivity contribution in [2.45, 2.75) is 0 Å². The van der Waals surface area contributed by atoms with E-state index in [0.717, 1.165) is 23.1 Å². The van der Waals surface area contributed by atoms with Crippen molar-refractivity contribution in [2.24, 2.45) is 0 Å². The van der Waals surface area contributed by atoms with Crippen molar-refractivity contribution >= 4 is 17.1 Å². The standard InChI is InChI=1S/C11H13N3O/c1-12-6-2-3-8-4-5-9-10(7-8)14-11(15)13-9/h2-5,7,12H,6H2,1H3,(H2,13,14,15). The highest BCUT2D eigenvalue weighted by Crippen LogP contribution is 2.11. The minimum absolute atomic E-state index is 0.165. The molecule has 0 bridgehead atoms. The molecule has 78 valence electrons. The fourth-order valence-electron chi connectivity index (χ4n) is 1.47. The van der Waals surface area contributed by atoms with Crippen LogP contribution in [-0.4, -0.2) is 23.6 Å². The van der Waals surface area contributed by atoms with Gasteiger partial charge in [0.2, 0.25) is 0 Å². The molecule has 1 aromatic carbocycles. The number of benzene rings is 1. The summed E-state index contributed by atoms with van der Waals surface area (Å²) in [6.07, 6.45) is 4.05. The summed E-state index contributed by atoms with van der Waals surface area (Å²) in [6.45, 7) is 0.835. The molecule has 3 N–H and O–H groups in total. The quantitative estimate of drug-likeness (QED) is 0.699. The van der Waals surface area contributed by atoms with E-state index in [4.69, 9.17) is 0 Å². The van der Waals surface area contributed by atoms with Crippen LogP contribution >= 0.6 is 0 Å². The summed E-state index contributed by atoms with van der Waals surface area (Å²) in [7, 11) is 1.90. The number of aromatic nitrogens is 2. The van der Waals surface area contributed by atoms with Gasteiger partial charge in [0.25, 0.3) is 0 Å². The number of likely N-dealkylation sites (N-methyl/N-ethyl adjacent to an activating group) is 1. The first-order valence-electron chi connectivity index (χ1n) is 4.83. The van der Waals surface area contributed by atoms with Crippen molar-refractivity contribution in [2.75, 3.05) is 13.6 Å². The molecular formula is C11H13N3O. The molecule has 0 aliphatic carbocycles. The fourth-order valence-corrected chi connectivity index (χ4v) is 1.47. The second-order valence-corrected chi connectivity index (χ2v) is 3.34. The van der Waals surface area contributed by atoms with Gasteiger partial charge in [-0.1, -0.05) is 18.2 Å². The summed E-state index contributed by atoms with van der Waals surface area (Å²) in [4.78, 5) is 16.5. The maximum Gasteiger partial charge on any atom is 0.323 e. The predicted molar refractivity (Wildman–Crippen MR) is 61.9 cm³/mol. The lowest BCUT2D eigenvalue weighted by atomic mass is 10.2. The van der Waals surface area contributed by atoms with E-state index in [1.54, 1.807) is 0 Å². The van der Waals surface area contributed by atoms with Gasteiger partial charge in [-0.25, -0.2) is 4.79 Å². The molecule has 0 radical (unpaired) electrons. The monoisotopic (exact) mass is 203 g/mol. The second kappa shape index (κ2) is 4.14. The number of hydrogen-bond acceptors (Lipinski definition) is 2. The van der Waals surface area contributed by atoms with E-state index >= 15 is 0 Å². The van der Waals surface area contributed by atoms with Gasteiger partial charge in [-0.3, -0.25) is 0 Å². The van der Waals surface area contributed by atoms with E-state index < -0.39 is 0 Å². The van der Waals surface area contributed by atoms with E-state index in [0.29, 0.717) is 0 Å². The highest BCUT2D eigenvalue weighted by molar-refractivity contribution is 5.77. The molecule has 0 spiro atoms. The van der Waals surface area contributed by atoms with Crippen LogP contribution in [-0.2, 0) is 0 Å². The average molecular weight is 203 g/mol. The van der Waals surface area contributed by atoms with Crippen molar-refractivity contribution < 1.29 is 0 Å². The number of imidazole rings is 1.